The number of hydrogen-bond acceptors (Lipinski definition) is 2. The Labute approximate surface area is 126 Å². The number of phenols is 1. The minimum absolute atomic E-state index is 0. The van der Waals surface area contributed by atoms with E-state index in [0.29, 0.717) is 17.6 Å². The van der Waals surface area contributed by atoms with Gasteiger partial charge < -0.3 is 15.7 Å². The number of hydrogen-bond donors (Lipinski definition) is 2. The van der Waals surface area contributed by atoms with Crippen LogP contribution in [0.25, 0.3) is 0 Å². The third kappa shape index (κ3) is 2.01. The predicted octanol–water partition coefficient (Wildman–Crippen LogP) is 2.78. The molecule has 3 nitrogen and oxygen atoms in total. The molecule has 1 aromatic rings. The Balaban J connectivity index is 0.00000132. The standard InChI is InChI=1S/C18H24O2.H2O/c1-18-9-8-14-13-5-3-12(19)10-11(13)2-4-15(14)16(18)6-7-17(18)20;/h3,5,10,14-17,19-20H,2,4,6-9H2,1H3;1H2/t14?,15-,16?,17-,18+;/m1./s1. The first-order valence-corrected chi connectivity index (χ1v) is 8.09. The maximum atomic E-state index is 10.4. The quantitative estimate of drug-likeness (QED) is 0.771. The Morgan fingerprint density at radius 1 is 1.14 bits per heavy atom. The van der Waals surface area contributed by atoms with Crippen LogP contribution in [0.1, 0.15) is 56.1 Å². The predicted molar refractivity (Wildman–Crippen MR) is 82.3 cm³/mol. The fraction of sp³-hybridized carbons (Fsp3) is 0.667. The summed E-state index contributed by atoms with van der Waals surface area (Å²) in [6.45, 7) is 2.32. The second-order valence-corrected chi connectivity index (χ2v) is 7.44. The number of rotatable bonds is 0. The molecule has 4 N–H and O–H groups in total. The lowest BCUT2D eigenvalue weighted by Gasteiger charge is -2.50. The van der Waals surface area contributed by atoms with Gasteiger partial charge in [-0.05, 0) is 85.0 Å². The number of aliphatic hydroxyl groups excluding tert-OH is 1. The molecule has 3 aliphatic carbocycles. The second kappa shape index (κ2) is 4.99. The lowest BCUT2D eigenvalue weighted by molar-refractivity contribution is -0.0226. The van der Waals surface area contributed by atoms with Crippen molar-refractivity contribution in [3.05, 3.63) is 29.3 Å². The van der Waals surface area contributed by atoms with E-state index in [1.54, 1.807) is 0 Å². The van der Waals surface area contributed by atoms with Gasteiger partial charge in [0.1, 0.15) is 5.75 Å². The Morgan fingerprint density at radius 2 is 1.95 bits per heavy atom. The Bertz CT molecular complexity index is 541. The van der Waals surface area contributed by atoms with Crippen molar-refractivity contribution in [2.75, 3.05) is 0 Å². The van der Waals surface area contributed by atoms with Crippen LogP contribution in [-0.4, -0.2) is 21.8 Å². The van der Waals surface area contributed by atoms with Crippen molar-refractivity contribution in [3.8, 4) is 5.75 Å². The van der Waals surface area contributed by atoms with Gasteiger partial charge >= 0.3 is 0 Å². The summed E-state index contributed by atoms with van der Waals surface area (Å²) >= 11 is 0. The van der Waals surface area contributed by atoms with E-state index in [1.165, 1.54) is 30.4 Å². The molecular formula is C18H26O3. The zero-order valence-corrected chi connectivity index (χ0v) is 12.7. The molecule has 0 spiro atoms. The fourth-order valence-electron chi connectivity index (χ4n) is 5.54. The summed E-state index contributed by atoms with van der Waals surface area (Å²) in [6, 6.07) is 5.96. The molecule has 3 aliphatic rings. The van der Waals surface area contributed by atoms with Gasteiger partial charge in [-0.25, -0.2) is 0 Å². The number of aromatic hydroxyl groups is 1. The van der Waals surface area contributed by atoms with Crippen LogP contribution in [0.3, 0.4) is 0 Å². The molecule has 3 heteroatoms. The maximum absolute atomic E-state index is 10.4. The minimum Gasteiger partial charge on any atom is -0.508 e. The molecule has 0 radical (unpaired) electrons. The maximum Gasteiger partial charge on any atom is 0.115 e. The third-order valence-electron chi connectivity index (χ3n) is 6.66. The fourth-order valence-corrected chi connectivity index (χ4v) is 5.54. The summed E-state index contributed by atoms with van der Waals surface area (Å²) in [5.74, 6) is 2.49. The number of phenolic OH excluding ortho intramolecular Hbond substituents is 1. The average molecular weight is 290 g/mol. The summed E-state index contributed by atoms with van der Waals surface area (Å²) in [6.07, 6.45) is 6.78. The van der Waals surface area contributed by atoms with Crippen molar-refractivity contribution in [3.63, 3.8) is 0 Å². The van der Waals surface area contributed by atoms with Gasteiger partial charge in [-0.3, -0.25) is 0 Å². The van der Waals surface area contributed by atoms with Crippen molar-refractivity contribution in [2.45, 2.75) is 57.5 Å². The molecule has 1 aromatic carbocycles. The van der Waals surface area contributed by atoms with Gasteiger partial charge in [0.15, 0.2) is 0 Å². The van der Waals surface area contributed by atoms with Crippen LogP contribution in [0, 0.1) is 17.3 Å². The van der Waals surface area contributed by atoms with Gasteiger partial charge in [0.05, 0.1) is 6.10 Å². The highest BCUT2D eigenvalue weighted by molar-refractivity contribution is 5.40. The topological polar surface area (TPSA) is 72.0 Å². The molecular weight excluding hydrogens is 264 g/mol. The summed E-state index contributed by atoms with van der Waals surface area (Å²) in [5.41, 5.74) is 2.99. The van der Waals surface area contributed by atoms with Gasteiger partial charge in [0.2, 0.25) is 0 Å². The van der Waals surface area contributed by atoms with Gasteiger partial charge in [0.25, 0.3) is 0 Å². The van der Waals surface area contributed by atoms with Crippen LogP contribution in [-0.2, 0) is 6.42 Å². The summed E-state index contributed by atoms with van der Waals surface area (Å²) < 4.78 is 0. The summed E-state index contributed by atoms with van der Waals surface area (Å²) in [7, 11) is 0. The third-order valence-corrected chi connectivity index (χ3v) is 6.66. The number of aryl methyl sites for hydroxylation is 1. The van der Waals surface area contributed by atoms with Crippen LogP contribution < -0.4 is 0 Å². The molecule has 21 heavy (non-hydrogen) atoms. The summed E-state index contributed by atoms with van der Waals surface area (Å²) in [4.78, 5) is 0. The Kier molecular flexibility index (Phi) is 3.53. The van der Waals surface area contributed by atoms with Crippen molar-refractivity contribution in [1.29, 1.82) is 0 Å². The van der Waals surface area contributed by atoms with Gasteiger partial charge in [-0.15, -0.1) is 0 Å². The van der Waals surface area contributed by atoms with Crippen molar-refractivity contribution in [1.82, 2.24) is 0 Å². The summed E-state index contributed by atoms with van der Waals surface area (Å²) in [5, 5.41) is 20.0. The normalized spacial score (nSPS) is 40.7. The van der Waals surface area contributed by atoms with Crippen LogP contribution >= 0.6 is 0 Å². The van der Waals surface area contributed by atoms with Crippen molar-refractivity contribution in [2.24, 2.45) is 17.3 Å². The van der Waals surface area contributed by atoms with Gasteiger partial charge in [-0.1, -0.05) is 13.0 Å². The average Bonchev–Trinajstić information content (AvgIpc) is 2.74. The van der Waals surface area contributed by atoms with E-state index in [9.17, 15) is 10.2 Å². The van der Waals surface area contributed by atoms with Crippen molar-refractivity contribution < 1.29 is 15.7 Å². The minimum atomic E-state index is -0.0883. The molecule has 4 rings (SSSR count). The number of aliphatic hydroxyl groups is 1. The van der Waals surface area contributed by atoms with Gasteiger partial charge in [0, 0.05) is 0 Å². The van der Waals surface area contributed by atoms with E-state index < -0.39 is 0 Å². The first-order valence-electron chi connectivity index (χ1n) is 8.09. The monoisotopic (exact) mass is 290 g/mol. The second-order valence-electron chi connectivity index (χ2n) is 7.44. The number of benzene rings is 1. The van der Waals surface area contributed by atoms with E-state index in [0.717, 1.165) is 25.2 Å². The van der Waals surface area contributed by atoms with Crippen LogP contribution in [0.2, 0.25) is 0 Å². The first kappa shape index (κ1) is 14.9. The van der Waals surface area contributed by atoms with Crippen LogP contribution in [0.4, 0.5) is 0 Å². The van der Waals surface area contributed by atoms with Crippen LogP contribution in [0.5, 0.6) is 5.75 Å². The van der Waals surface area contributed by atoms with Crippen LogP contribution in [0.15, 0.2) is 18.2 Å². The van der Waals surface area contributed by atoms with E-state index in [1.807, 2.05) is 12.1 Å². The molecule has 0 heterocycles. The highest BCUT2D eigenvalue weighted by Gasteiger charge is 2.54. The molecule has 0 aliphatic heterocycles. The van der Waals surface area contributed by atoms with E-state index >= 15 is 0 Å². The zero-order valence-electron chi connectivity index (χ0n) is 12.7. The molecule has 0 bridgehead atoms. The molecule has 5 atom stereocenters. The zero-order chi connectivity index (χ0) is 13.9. The van der Waals surface area contributed by atoms with E-state index in [-0.39, 0.29) is 17.0 Å². The highest BCUT2D eigenvalue weighted by atomic mass is 16.3. The molecule has 0 saturated heterocycles. The van der Waals surface area contributed by atoms with E-state index in [2.05, 4.69) is 13.0 Å². The van der Waals surface area contributed by atoms with E-state index in [4.69, 9.17) is 0 Å². The first-order chi connectivity index (χ1) is 9.59. The molecule has 0 aromatic heterocycles. The largest absolute Gasteiger partial charge is 0.508 e. The highest BCUT2D eigenvalue weighted by Crippen LogP contribution is 2.60. The van der Waals surface area contributed by atoms with Crippen molar-refractivity contribution >= 4 is 0 Å². The molecule has 0 amide bonds. The molecule has 2 unspecified atom stereocenters. The molecule has 2 fully saturated rings. The molecule has 2 saturated carbocycles. The number of fused-ring (bicyclic) bond motifs is 5. The smallest absolute Gasteiger partial charge is 0.115 e. The lowest BCUT2D eigenvalue weighted by Crippen LogP contribution is -2.43. The lowest BCUT2D eigenvalue weighted by atomic mass is 9.55. The Morgan fingerprint density at radius 3 is 2.76 bits per heavy atom. The SMILES string of the molecule is C[C@]12CCC3c4ccc(O)cc4CC[C@H]3C1CC[C@H]2O.O. The Hall–Kier alpha value is -1.06. The molecule has 116 valence electrons. The van der Waals surface area contributed by atoms with Gasteiger partial charge in [-0.2, -0.15) is 0 Å².